The van der Waals surface area contributed by atoms with Crippen molar-refractivity contribution >= 4 is 27.4 Å². The smallest absolute Gasteiger partial charge is 0.191 e. The van der Waals surface area contributed by atoms with Crippen LogP contribution in [0.4, 0.5) is 0 Å². The average molecular weight is 378 g/mol. The van der Waals surface area contributed by atoms with Crippen LogP contribution in [0.25, 0.3) is 10.1 Å². The Morgan fingerprint density at radius 1 is 1.19 bits per heavy atom. The molecule has 0 amide bonds. The van der Waals surface area contributed by atoms with E-state index in [1.165, 1.54) is 10.1 Å². The number of rotatable bonds is 10. The molecule has 0 aliphatic rings. The SMILES string of the molecule is CCCC(CCO)CN=C(NCC)NCC(O)c1cc2ccccc2s1. The van der Waals surface area contributed by atoms with E-state index in [9.17, 15) is 10.2 Å². The van der Waals surface area contributed by atoms with Crippen LogP contribution in [0.2, 0.25) is 0 Å². The zero-order valence-corrected chi connectivity index (χ0v) is 16.6. The van der Waals surface area contributed by atoms with Crippen molar-refractivity contribution in [3.8, 4) is 0 Å². The summed E-state index contributed by atoms with van der Waals surface area (Å²) in [6, 6.07) is 10.2. The topological polar surface area (TPSA) is 76.9 Å². The van der Waals surface area contributed by atoms with Gasteiger partial charge in [0.2, 0.25) is 0 Å². The van der Waals surface area contributed by atoms with Gasteiger partial charge in [0.1, 0.15) is 6.10 Å². The van der Waals surface area contributed by atoms with E-state index in [1.807, 2.05) is 19.1 Å². The number of fused-ring (bicyclic) bond motifs is 1. The first kappa shape index (κ1) is 20.7. The van der Waals surface area contributed by atoms with Crippen LogP contribution in [0.3, 0.4) is 0 Å². The molecule has 1 aromatic carbocycles. The van der Waals surface area contributed by atoms with E-state index in [2.05, 4.69) is 40.7 Å². The van der Waals surface area contributed by atoms with E-state index >= 15 is 0 Å². The van der Waals surface area contributed by atoms with Crippen LogP contribution in [0.5, 0.6) is 0 Å². The largest absolute Gasteiger partial charge is 0.396 e. The molecule has 0 radical (unpaired) electrons. The second-order valence-electron chi connectivity index (χ2n) is 6.47. The van der Waals surface area contributed by atoms with E-state index in [1.54, 1.807) is 11.3 Å². The maximum Gasteiger partial charge on any atom is 0.191 e. The summed E-state index contributed by atoms with van der Waals surface area (Å²) >= 11 is 1.62. The van der Waals surface area contributed by atoms with Crippen LogP contribution in [-0.2, 0) is 0 Å². The van der Waals surface area contributed by atoms with E-state index in [0.29, 0.717) is 25.0 Å². The number of benzene rings is 1. The molecule has 0 bridgehead atoms. The van der Waals surface area contributed by atoms with Crippen LogP contribution in [0.1, 0.15) is 44.1 Å². The molecule has 5 nitrogen and oxygen atoms in total. The van der Waals surface area contributed by atoms with E-state index in [4.69, 9.17) is 0 Å². The molecule has 0 aliphatic heterocycles. The van der Waals surface area contributed by atoms with Gasteiger partial charge in [0.05, 0.1) is 0 Å². The highest BCUT2D eigenvalue weighted by Crippen LogP contribution is 2.29. The van der Waals surface area contributed by atoms with Gasteiger partial charge in [-0.15, -0.1) is 11.3 Å². The molecule has 0 aliphatic carbocycles. The zero-order chi connectivity index (χ0) is 18.8. The Morgan fingerprint density at radius 2 is 2.00 bits per heavy atom. The van der Waals surface area contributed by atoms with Crippen LogP contribution in [-0.4, -0.2) is 42.4 Å². The summed E-state index contributed by atoms with van der Waals surface area (Å²) in [4.78, 5) is 5.59. The molecule has 2 rings (SSSR count). The third kappa shape index (κ3) is 6.27. The summed E-state index contributed by atoms with van der Waals surface area (Å²) in [6.07, 6.45) is 2.37. The molecule has 4 N–H and O–H groups in total. The summed E-state index contributed by atoms with van der Waals surface area (Å²) in [5.74, 6) is 1.11. The van der Waals surface area contributed by atoms with E-state index < -0.39 is 6.10 Å². The van der Waals surface area contributed by atoms with Crippen molar-refractivity contribution in [1.82, 2.24) is 10.6 Å². The van der Waals surface area contributed by atoms with Crippen molar-refractivity contribution in [3.05, 3.63) is 35.2 Å². The van der Waals surface area contributed by atoms with Crippen molar-refractivity contribution in [1.29, 1.82) is 0 Å². The normalized spacial score (nSPS) is 14.4. The standard InChI is InChI=1S/C20H31N3O2S/c1-3-7-15(10-11-24)13-22-20(21-4-2)23-14-17(25)19-12-16-8-5-6-9-18(16)26-19/h5-6,8-9,12,15,17,24-25H,3-4,7,10-11,13-14H2,1-2H3,(H2,21,22,23). The number of nitrogens with zero attached hydrogens (tertiary/aromatic N) is 1. The summed E-state index contributed by atoms with van der Waals surface area (Å²) in [7, 11) is 0. The minimum Gasteiger partial charge on any atom is -0.396 e. The van der Waals surface area contributed by atoms with Gasteiger partial charge in [-0.3, -0.25) is 4.99 Å². The number of hydrogen-bond acceptors (Lipinski definition) is 4. The van der Waals surface area contributed by atoms with Gasteiger partial charge >= 0.3 is 0 Å². The van der Waals surface area contributed by atoms with Gasteiger partial charge in [0.25, 0.3) is 0 Å². The Balaban J connectivity index is 1.94. The summed E-state index contributed by atoms with van der Waals surface area (Å²) in [5.41, 5.74) is 0. The Kier molecular flexibility index (Phi) is 8.88. The third-order valence-corrected chi connectivity index (χ3v) is 5.54. The third-order valence-electron chi connectivity index (χ3n) is 4.32. The molecule has 0 fully saturated rings. The summed E-state index contributed by atoms with van der Waals surface area (Å²) in [6.45, 7) is 6.24. The zero-order valence-electron chi connectivity index (χ0n) is 15.7. The monoisotopic (exact) mass is 377 g/mol. The quantitative estimate of drug-likeness (QED) is 0.378. The first-order chi connectivity index (χ1) is 12.7. The number of aliphatic hydroxyl groups is 2. The first-order valence-electron chi connectivity index (χ1n) is 9.47. The summed E-state index contributed by atoms with van der Waals surface area (Å²) < 4.78 is 1.19. The molecule has 0 saturated heterocycles. The van der Waals surface area contributed by atoms with Gasteiger partial charge in [-0.2, -0.15) is 0 Å². The number of thiophene rings is 1. The number of nitrogens with one attached hydrogen (secondary N) is 2. The second kappa shape index (κ2) is 11.2. The Hall–Kier alpha value is -1.63. The average Bonchev–Trinajstić information content (AvgIpc) is 3.08. The molecular weight excluding hydrogens is 346 g/mol. The molecular formula is C20H31N3O2S. The molecule has 2 atom stereocenters. The van der Waals surface area contributed by atoms with Gasteiger partial charge < -0.3 is 20.8 Å². The maximum atomic E-state index is 10.5. The van der Waals surface area contributed by atoms with Crippen LogP contribution in [0.15, 0.2) is 35.3 Å². The van der Waals surface area contributed by atoms with Crippen molar-refractivity contribution in [3.63, 3.8) is 0 Å². The predicted molar refractivity (Wildman–Crippen MR) is 111 cm³/mol. The molecule has 1 aromatic heterocycles. The minimum absolute atomic E-state index is 0.203. The van der Waals surface area contributed by atoms with E-state index in [-0.39, 0.29) is 6.61 Å². The molecule has 144 valence electrons. The fraction of sp³-hybridized carbons (Fsp3) is 0.550. The van der Waals surface area contributed by atoms with Crippen molar-refractivity contribution < 1.29 is 10.2 Å². The van der Waals surface area contributed by atoms with Crippen molar-refractivity contribution in [2.45, 2.75) is 39.2 Å². The Morgan fingerprint density at radius 3 is 2.69 bits per heavy atom. The van der Waals surface area contributed by atoms with Crippen LogP contribution >= 0.6 is 11.3 Å². The lowest BCUT2D eigenvalue weighted by Crippen LogP contribution is -2.39. The fourth-order valence-corrected chi connectivity index (χ4v) is 3.99. The maximum absolute atomic E-state index is 10.5. The van der Waals surface area contributed by atoms with Crippen LogP contribution < -0.4 is 10.6 Å². The first-order valence-corrected chi connectivity index (χ1v) is 10.3. The second-order valence-corrected chi connectivity index (χ2v) is 7.59. The van der Waals surface area contributed by atoms with Gasteiger partial charge in [-0.05, 0) is 43.2 Å². The highest BCUT2D eigenvalue weighted by atomic mass is 32.1. The molecule has 1 heterocycles. The number of guanidine groups is 1. The predicted octanol–water partition coefficient (Wildman–Crippen LogP) is 3.29. The number of hydrogen-bond donors (Lipinski definition) is 4. The van der Waals surface area contributed by atoms with Crippen LogP contribution in [0, 0.1) is 5.92 Å². The Bertz CT molecular complexity index is 648. The lowest BCUT2D eigenvalue weighted by molar-refractivity contribution is 0.184. The van der Waals surface area contributed by atoms with Crippen molar-refractivity contribution in [2.75, 3.05) is 26.2 Å². The fourth-order valence-electron chi connectivity index (χ4n) is 2.94. The number of aliphatic hydroxyl groups excluding tert-OH is 2. The number of aliphatic imine (C=N–C) groups is 1. The molecule has 0 spiro atoms. The van der Waals surface area contributed by atoms with Gasteiger partial charge in [0.15, 0.2) is 5.96 Å². The molecule has 26 heavy (non-hydrogen) atoms. The van der Waals surface area contributed by atoms with Crippen molar-refractivity contribution in [2.24, 2.45) is 10.9 Å². The molecule has 0 saturated carbocycles. The lowest BCUT2D eigenvalue weighted by atomic mass is 10.0. The highest BCUT2D eigenvalue weighted by Gasteiger charge is 2.13. The highest BCUT2D eigenvalue weighted by molar-refractivity contribution is 7.19. The molecule has 2 unspecified atom stereocenters. The molecule has 2 aromatic rings. The van der Waals surface area contributed by atoms with E-state index in [0.717, 1.165) is 30.7 Å². The lowest BCUT2D eigenvalue weighted by Gasteiger charge is -2.16. The Labute approximate surface area is 160 Å². The van der Waals surface area contributed by atoms with Gasteiger partial charge in [-0.1, -0.05) is 31.5 Å². The molecule has 6 heteroatoms. The van der Waals surface area contributed by atoms with Gasteiger partial charge in [-0.25, -0.2) is 0 Å². The van der Waals surface area contributed by atoms with Gasteiger partial charge in [0, 0.05) is 35.8 Å². The minimum atomic E-state index is -0.569. The summed E-state index contributed by atoms with van der Waals surface area (Å²) in [5, 5.41) is 27.3.